The van der Waals surface area contributed by atoms with Crippen LogP contribution in [-0.4, -0.2) is 33.4 Å². The molecule has 1 saturated heterocycles. The zero-order valence-corrected chi connectivity index (χ0v) is 15.5. The Hall–Kier alpha value is -2.64. The van der Waals surface area contributed by atoms with Crippen LogP contribution in [0.15, 0.2) is 35.4 Å². The van der Waals surface area contributed by atoms with Crippen molar-refractivity contribution >= 4 is 23.2 Å². The zero-order valence-electron chi connectivity index (χ0n) is 14.8. The van der Waals surface area contributed by atoms with Gasteiger partial charge in [0.25, 0.3) is 11.5 Å². The van der Waals surface area contributed by atoms with Gasteiger partial charge < -0.3 is 14.6 Å². The van der Waals surface area contributed by atoms with Gasteiger partial charge in [-0.05, 0) is 37.5 Å². The van der Waals surface area contributed by atoms with Gasteiger partial charge in [-0.1, -0.05) is 17.7 Å². The predicted molar refractivity (Wildman–Crippen MR) is 103 cm³/mol. The minimum atomic E-state index is -0.349. The lowest BCUT2D eigenvalue weighted by Gasteiger charge is -2.16. The second-order valence-corrected chi connectivity index (χ2v) is 7.09. The third-order valence-corrected chi connectivity index (χ3v) is 5.22. The van der Waals surface area contributed by atoms with Gasteiger partial charge in [0, 0.05) is 36.3 Å². The maximum Gasteiger partial charge on any atom is 0.275 e. The number of rotatable bonds is 4. The summed E-state index contributed by atoms with van der Waals surface area (Å²) < 4.78 is 7.50. The van der Waals surface area contributed by atoms with Crippen molar-refractivity contribution in [2.45, 2.75) is 32.4 Å². The highest BCUT2D eigenvalue weighted by molar-refractivity contribution is 6.31. The number of hydrogen-bond donors (Lipinski definition) is 2. The van der Waals surface area contributed by atoms with Gasteiger partial charge in [-0.15, -0.1) is 0 Å². The van der Waals surface area contributed by atoms with Gasteiger partial charge in [-0.3, -0.25) is 9.59 Å². The van der Waals surface area contributed by atoms with Gasteiger partial charge in [-0.2, -0.15) is 5.10 Å². The number of fused-ring (bicyclic) bond motifs is 1. The zero-order chi connectivity index (χ0) is 19.0. The molecular formula is C19H19ClN4O3. The summed E-state index contributed by atoms with van der Waals surface area (Å²) in [4.78, 5) is 25.0. The summed E-state index contributed by atoms with van der Waals surface area (Å²) in [7, 11) is 0. The quantitative estimate of drug-likeness (QED) is 0.721. The topological polar surface area (TPSA) is 89.0 Å². The molecule has 2 N–H and O–H groups in total. The third-order valence-electron chi connectivity index (χ3n) is 4.81. The summed E-state index contributed by atoms with van der Waals surface area (Å²) >= 11 is 6.13. The van der Waals surface area contributed by atoms with Crippen molar-refractivity contribution in [3.05, 3.63) is 57.1 Å². The number of H-pyrrole nitrogens is 1. The number of pyridine rings is 1. The van der Waals surface area contributed by atoms with Crippen LogP contribution < -0.4 is 10.9 Å². The Bertz CT molecular complexity index is 1020. The van der Waals surface area contributed by atoms with Crippen molar-refractivity contribution < 1.29 is 9.53 Å². The summed E-state index contributed by atoms with van der Waals surface area (Å²) in [6, 6.07) is 5.32. The normalized spacial score (nSPS) is 16.7. The Morgan fingerprint density at radius 2 is 2.30 bits per heavy atom. The van der Waals surface area contributed by atoms with Crippen LogP contribution in [0.1, 0.15) is 28.8 Å². The van der Waals surface area contributed by atoms with Gasteiger partial charge in [-0.25, -0.2) is 5.10 Å². The van der Waals surface area contributed by atoms with Gasteiger partial charge in [0.1, 0.15) is 5.69 Å². The first kappa shape index (κ1) is 17.8. The van der Waals surface area contributed by atoms with Crippen LogP contribution in [0.5, 0.6) is 0 Å². The number of amides is 1. The Balaban J connectivity index is 1.69. The van der Waals surface area contributed by atoms with Crippen LogP contribution in [0.2, 0.25) is 5.02 Å². The highest BCUT2D eigenvalue weighted by Crippen LogP contribution is 2.26. The second-order valence-electron chi connectivity index (χ2n) is 6.69. The number of nitrogens with one attached hydrogen (secondary N) is 2. The molecule has 0 bridgehead atoms. The maximum absolute atomic E-state index is 12.9. The van der Waals surface area contributed by atoms with E-state index in [0.717, 1.165) is 25.0 Å². The first-order chi connectivity index (χ1) is 13.0. The summed E-state index contributed by atoms with van der Waals surface area (Å²) in [6.45, 7) is 3.16. The average Bonchev–Trinajstić information content (AvgIpc) is 3.29. The van der Waals surface area contributed by atoms with Crippen molar-refractivity contribution in [3.8, 4) is 11.3 Å². The molecule has 1 aromatic rings. The van der Waals surface area contributed by atoms with E-state index in [2.05, 4.69) is 15.5 Å². The fourth-order valence-electron chi connectivity index (χ4n) is 3.32. The molecule has 3 aliphatic heterocycles. The summed E-state index contributed by atoms with van der Waals surface area (Å²) in [5, 5.41) is 9.89. The van der Waals surface area contributed by atoms with E-state index in [9.17, 15) is 9.59 Å². The highest BCUT2D eigenvalue weighted by Gasteiger charge is 2.23. The molecule has 1 atom stereocenters. The Morgan fingerprint density at radius 1 is 1.44 bits per heavy atom. The van der Waals surface area contributed by atoms with Crippen LogP contribution in [0.3, 0.4) is 0 Å². The van der Waals surface area contributed by atoms with E-state index in [-0.39, 0.29) is 17.6 Å². The maximum atomic E-state index is 12.9. The van der Waals surface area contributed by atoms with Crippen molar-refractivity contribution in [2.75, 3.05) is 11.9 Å². The minimum Gasteiger partial charge on any atom is -0.376 e. The molecule has 0 saturated carbocycles. The SMILES string of the molecule is Cc1c(Cl)cccc1NC(=O)c1cn(C[C@@H]2CCCO2)cc2c(=O)[nH]nc1-2. The van der Waals surface area contributed by atoms with E-state index >= 15 is 0 Å². The molecule has 0 aromatic heterocycles. The van der Waals surface area contributed by atoms with E-state index in [1.54, 1.807) is 30.6 Å². The first-order valence-electron chi connectivity index (χ1n) is 8.79. The number of carbonyl (C=O) groups is 1. The minimum absolute atomic E-state index is 0.0838. The molecule has 7 nitrogen and oxygen atoms in total. The van der Waals surface area contributed by atoms with Crippen LogP contribution >= 0.6 is 11.6 Å². The van der Waals surface area contributed by atoms with Crippen LogP contribution in [0.25, 0.3) is 11.3 Å². The molecule has 27 heavy (non-hydrogen) atoms. The summed E-state index contributed by atoms with van der Waals surface area (Å²) in [5.41, 5.74) is 2.12. The molecule has 1 fully saturated rings. The van der Waals surface area contributed by atoms with Crippen molar-refractivity contribution in [2.24, 2.45) is 0 Å². The Morgan fingerprint density at radius 3 is 3.07 bits per heavy atom. The smallest absolute Gasteiger partial charge is 0.275 e. The molecule has 0 spiro atoms. The summed E-state index contributed by atoms with van der Waals surface area (Å²) in [5.74, 6) is -0.349. The number of hydrogen-bond acceptors (Lipinski definition) is 4. The number of halogens is 1. The largest absolute Gasteiger partial charge is 0.376 e. The van der Waals surface area contributed by atoms with Crippen molar-refractivity contribution in [1.29, 1.82) is 0 Å². The van der Waals surface area contributed by atoms with Crippen LogP contribution in [-0.2, 0) is 11.3 Å². The molecular weight excluding hydrogens is 368 g/mol. The fraction of sp³-hybridized carbons (Fsp3) is 0.316. The number of aromatic nitrogens is 3. The molecule has 0 radical (unpaired) electrons. The van der Waals surface area contributed by atoms with E-state index in [4.69, 9.17) is 16.3 Å². The highest BCUT2D eigenvalue weighted by atomic mass is 35.5. The molecule has 140 valence electrons. The monoisotopic (exact) mass is 386 g/mol. The number of nitrogens with zero attached hydrogens (tertiary/aromatic N) is 2. The molecule has 1 aromatic carbocycles. The van der Waals surface area contributed by atoms with Gasteiger partial charge >= 0.3 is 0 Å². The van der Waals surface area contributed by atoms with Gasteiger partial charge in [0.2, 0.25) is 0 Å². The van der Waals surface area contributed by atoms with Crippen molar-refractivity contribution in [1.82, 2.24) is 14.8 Å². The van der Waals surface area contributed by atoms with E-state index in [1.807, 2.05) is 11.5 Å². The third kappa shape index (κ3) is 3.48. The standard InChI is InChI=1S/C19H19ClN4O3/c1-11-15(20)5-2-6-16(11)21-18(25)13-9-24(8-12-4-3-7-27-12)10-14-17(13)22-23-19(14)26/h2,5-6,9-10,12H,3-4,7-8H2,1H3,(H,21,25)(H,23,26)/t12-/m0/s1. The van der Waals surface area contributed by atoms with E-state index in [0.29, 0.717) is 34.1 Å². The summed E-state index contributed by atoms with van der Waals surface area (Å²) in [6.07, 6.45) is 5.49. The fourth-order valence-corrected chi connectivity index (χ4v) is 3.49. The molecule has 3 heterocycles. The first-order valence-corrected chi connectivity index (χ1v) is 9.17. The van der Waals surface area contributed by atoms with Gasteiger partial charge in [0.15, 0.2) is 0 Å². The number of anilines is 1. The number of benzene rings is 1. The molecule has 8 heteroatoms. The second kappa shape index (κ2) is 7.17. The van der Waals surface area contributed by atoms with E-state index < -0.39 is 0 Å². The molecule has 4 rings (SSSR count). The van der Waals surface area contributed by atoms with Crippen LogP contribution in [0.4, 0.5) is 5.69 Å². The molecule has 0 unspecified atom stereocenters. The Labute approximate surface area is 160 Å². The predicted octanol–water partition coefficient (Wildman–Crippen LogP) is 3.07. The van der Waals surface area contributed by atoms with Gasteiger partial charge in [0.05, 0.1) is 17.2 Å². The number of carbonyl (C=O) groups excluding carboxylic acids is 1. The Kier molecular flexibility index (Phi) is 4.72. The number of ether oxygens (including phenoxy) is 1. The average molecular weight is 387 g/mol. The molecule has 1 amide bonds. The lowest BCUT2D eigenvalue weighted by Crippen LogP contribution is -2.20. The van der Waals surface area contributed by atoms with Crippen molar-refractivity contribution in [3.63, 3.8) is 0 Å². The molecule has 0 aliphatic carbocycles. The van der Waals surface area contributed by atoms with Crippen LogP contribution in [0, 0.1) is 6.92 Å². The lowest BCUT2D eigenvalue weighted by molar-refractivity contribution is 0.0961. The molecule has 3 aliphatic rings. The number of aromatic amines is 1. The lowest BCUT2D eigenvalue weighted by atomic mass is 10.1. The van der Waals surface area contributed by atoms with E-state index in [1.165, 1.54) is 0 Å².